The van der Waals surface area contributed by atoms with Gasteiger partial charge in [-0.3, -0.25) is 0 Å². The average Bonchev–Trinajstić information content (AvgIpc) is 2.46. The van der Waals surface area contributed by atoms with E-state index in [1.807, 2.05) is 24.3 Å². The zero-order chi connectivity index (χ0) is 12.8. The van der Waals surface area contributed by atoms with E-state index in [1.54, 1.807) is 0 Å². The lowest BCUT2D eigenvalue weighted by molar-refractivity contribution is 0.282. The number of anilines is 1. The van der Waals surface area contributed by atoms with E-state index >= 15 is 0 Å². The second-order valence-electron chi connectivity index (χ2n) is 4.38. The van der Waals surface area contributed by atoms with E-state index in [0.717, 1.165) is 24.2 Å². The number of benzene rings is 2. The summed E-state index contributed by atoms with van der Waals surface area (Å²) in [5.74, 6) is 0. The normalized spacial score (nSPS) is 10.3. The van der Waals surface area contributed by atoms with Gasteiger partial charge in [0.25, 0.3) is 0 Å². The van der Waals surface area contributed by atoms with Gasteiger partial charge in [0.15, 0.2) is 0 Å². The molecule has 0 bridgehead atoms. The highest BCUT2D eigenvalue weighted by molar-refractivity contribution is 5.46. The van der Waals surface area contributed by atoms with Gasteiger partial charge in [0.05, 0.1) is 6.61 Å². The molecule has 2 aromatic carbocycles. The number of aliphatic hydroxyl groups is 1. The number of hydrogen-bond acceptors (Lipinski definition) is 2. The van der Waals surface area contributed by atoms with Gasteiger partial charge in [-0.1, -0.05) is 43.3 Å². The lowest BCUT2D eigenvalue weighted by Crippen LogP contribution is -2.00. The third kappa shape index (κ3) is 3.34. The molecular weight excluding hydrogens is 222 g/mol. The molecular formula is C16H19NO. The highest BCUT2D eigenvalue weighted by Gasteiger charge is 1.96. The summed E-state index contributed by atoms with van der Waals surface area (Å²) in [5.41, 5.74) is 4.60. The first-order valence-electron chi connectivity index (χ1n) is 6.33. The summed E-state index contributed by atoms with van der Waals surface area (Å²) in [5, 5.41) is 12.4. The molecule has 0 amide bonds. The third-order valence-corrected chi connectivity index (χ3v) is 3.04. The molecule has 18 heavy (non-hydrogen) atoms. The fourth-order valence-electron chi connectivity index (χ4n) is 1.88. The minimum Gasteiger partial charge on any atom is -0.392 e. The van der Waals surface area contributed by atoms with Crippen molar-refractivity contribution in [1.82, 2.24) is 0 Å². The van der Waals surface area contributed by atoms with Crippen LogP contribution in [0.4, 0.5) is 5.69 Å². The molecule has 0 saturated heterocycles. The van der Waals surface area contributed by atoms with Gasteiger partial charge in [-0.2, -0.15) is 0 Å². The molecule has 2 nitrogen and oxygen atoms in total. The van der Waals surface area contributed by atoms with Crippen LogP contribution < -0.4 is 5.32 Å². The summed E-state index contributed by atoms with van der Waals surface area (Å²) >= 11 is 0. The molecule has 0 aromatic heterocycles. The van der Waals surface area contributed by atoms with Gasteiger partial charge < -0.3 is 10.4 Å². The second kappa shape index (κ2) is 6.22. The summed E-state index contributed by atoms with van der Waals surface area (Å²) < 4.78 is 0. The predicted molar refractivity (Wildman–Crippen MR) is 75.5 cm³/mol. The Morgan fingerprint density at radius 2 is 1.67 bits per heavy atom. The predicted octanol–water partition coefficient (Wildman–Crippen LogP) is 3.35. The molecule has 94 valence electrons. The minimum absolute atomic E-state index is 0.0840. The summed E-state index contributed by atoms with van der Waals surface area (Å²) in [6.45, 7) is 3.05. The van der Waals surface area contributed by atoms with Crippen molar-refractivity contribution in [2.24, 2.45) is 0 Å². The Morgan fingerprint density at radius 1 is 0.944 bits per heavy atom. The van der Waals surface area contributed by atoms with Gasteiger partial charge in [-0.25, -0.2) is 0 Å². The molecule has 0 aliphatic rings. The zero-order valence-electron chi connectivity index (χ0n) is 10.7. The Balaban J connectivity index is 1.97. The molecule has 2 N–H and O–H groups in total. The highest BCUT2D eigenvalue weighted by atomic mass is 16.3. The van der Waals surface area contributed by atoms with Crippen LogP contribution in [0.2, 0.25) is 0 Å². The van der Waals surface area contributed by atoms with Crippen molar-refractivity contribution in [3.63, 3.8) is 0 Å². The number of aliphatic hydroxyl groups excluding tert-OH is 1. The summed E-state index contributed by atoms with van der Waals surface area (Å²) in [6.07, 6.45) is 1.08. The molecule has 0 atom stereocenters. The molecule has 0 saturated carbocycles. The summed E-state index contributed by atoms with van der Waals surface area (Å²) in [6, 6.07) is 16.5. The quantitative estimate of drug-likeness (QED) is 0.841. The smallest absolute Gasteiger partial charge is 0.0682 e. The van der Waals surface area contributed by atoms with E-state index in [2.05, 4.69) is 36.5 Å². The van der Waals surface area contributed by atoms with Crippen LogP contribution in [0.15, 0.2) is 48.5 Å². The Morgan fingerprint density at radius 3 is 2.33 bits per heavy atom. The number of nitrogens with one attached hydrogen (secondary N) is 1. The van der Waals surface area contributed by atoms with Crippen molar-refractivity contribution in [2.75, 3.05) is 5.32 Å². The van der Waals surface area contributed by atoms with Crippen LogP contribution in [-0.4, -0.2) is 5.11 Å². The van der Waals surface area contributed by atoms with Crippen LogP contribution in [0.5, 0.6) is 0 Å². The second-order valence-corrected chi connectivity index (χ2v) is 4.38. The molecule has 0 spiro atoms. The van der Waals surface area contributed by atoms with Crippen LogP contribution in [0.1, 0.15) is 23.6 Å². The van der Waals surface area contributed by atoms with Crippen LogP contribution in [0, 0.1) is 0 Å². The van der Waals surface area contributed by atoms with E-state index in [4.69, 9.17) is 5.11 Å². The zero-order valence-corrected chi connectivity index (χ0v) is 10.7. The van der Waals surface area contributed by atoms with E-state index in [-0.39, 0.29) is 6.61 Å². The maximum absolute atomic E-state index is 9.08. The van der Waals surface area contributed by atoms with E-state index in [0.29, 0.717) is 0 Å². The average molecular weight is 241 g/mol. The molecule has 0 aliphatic heterocycles. The van der Waals surface area contributed by atoms with E-state index in [1.165, 1.54) is 11.1 Å². The Kier molecular flexibility index (Phi) is 4.37. The number of hydrogen-bond donors (Lipinski definition) is 2. The van der Waals surface area contributed by atoms with Gasteiger partial charge in [0.2, 0.25) is 0 Å². The molecule has 2 heteroatoms. The largest absolute Gasteiger partial charge is 0.392 e. The molecule has 2 rings (SSSR count). The van der Waals surface area contributed by atoms with Crippen LogP contribution in [-0.2, 0) is 19.6 Å². The highest BCUT2D eigenvalue weighted by Crippen LogP contribution is 2.12. The van der Waals surface area contributed by atoms with Gasteiger partial charge in [-0.05, 0) is 35.2 Å². The topological polar surface area (TPSA) is 32.3 Å². The maximum Gasteiger partial charge on any atom is 0.0682 e. The Hall–Kier alpha value is -1.80. The minimum atomic E-state index is 0.0840. The first-order chi connectivity index (χ1) is 8.81. The SMILES string of the molecule is CCc1ccc(CNc2cccc(CO)c2)cc1. The fraction of sp³-hybridized carbons (Fsp3) is 0.250. The van der Waals surface area contributed by atoms with Crippen LogP contribution in [0.25, 0.3) is 0 Å². The molecule has 0 radical (unpaired) electrons. The summed E-state index contributed by atoms with van der Waals surface area (Å²) in [7, 11) is 0. The fourth-order valence-corrected chi connectivity index (χ4v) is 1.88. The van der Waals surface area contributed by atoms with Gasteiger partial charge in [-0.15, -0.1) is 0 Å². The summed E-state index contributed by atoms with van der Waals surface area (Å²) in [4.78, 5) is 0. The molecule has 0 unspecified atom stereocenters. The van der Waals surface area contributed by atoms with Crippen molar-refractivity contribution in [1.29, 1.82) is 0 Å². The van der Waals surface area contributed by atoms with Crippen molar-refractivity contribution in [3.05, 3.63) is 65.2 Å². The Bertz CT molecular complexity index is 491. The molecule has 0 fully saturated rings. The third-order valence-electron chi connectivity index (χ3n) is 3.04. The van der Waals surface area contributed by atoms with Crippen molar-refractivity contribution < 1.29 is 5.11 Å². The first kappa shape index (κ1) is 12.7. The van der Waals surface area contributed by atoms with Crippen molar-refractivity contribution >= 4 is 5.69 Å². The van der Waals surface area contributed by atoms with Crippen molar-refractivity contribution in [3.8, 4) is 0 Å². The Labute approximate surface area is 108 Å². The first-order valence-corrected chi connectivity index (χ1v) is 6.33. The van der Waals surface area contributed by atoms with Gasteiger partial charge in [0.1, 0.15) is 0 Å². The van der Waals surface area contributed by atoms with Crippen LogP contribution in [0.3, 0.4) is 0 Å². The standard InChI is InChI=1S/C16H19NO/c1-2-13-6-8-14(9-7-13)11-17-16-5-3-4-15(10-16)12-18/h3-10,17-18H,2,11-12H2,1H3. The van der Waals surface area contributed by atoms with Gasteiger partial charge >= 0.3 is 0 Å². The van der Waals surface area contributed by atoms with Crippen molar-refractivity contribution in [2.45, 2.75) is 26.5 Å². The molecule has 2 aromatic rings. The lowest BCUT2D eigenvalue weighted by Gasteiger charge is -2.08. The molecule has 0 aliphatic carbocycles. The van der Waals surface area contributed by atoms with Gasteiger partial charge in [0, 0.05) is 12.2 Å². The van der Waals surface area contributed by atoms with Crippen LogP contribution >= 0.6 is 0 Å². The number of rotatable bonds is 5. The molecule has 0 heterocycles. The monoisotopic (exact) mass is 241 g/mol. The number of aryl methyl sites for hydroxylation is 1. The lowest BCUT2D eigenvalue weighted by atomic mass is 10.1. The maximum atomic E-state index is 9.08. The van der Waals surface area contributed by atoms with E-state index < -0.39 is 0 Å². The van der Waals surface area contributed by atoms with E-state index in [9.17, 15) is 0 Å².